The van der Waals surface area contributed by atoms with Gasteiger partial charge in [-0.25, -0.2) is 4.39 Å². The lowest BCUT2D eigenvalue weighted by atomic mass is 9.93. The summed E-state index contributed by atoms with van der Waals surface area (Å²) in [6.07, 6.45) is -0.0313. The second-order valence-corrected chi connectivity index (χ2v) is 4.20. The summed E-state index contributed by atoms with van der Waals surface area (Å²) in [7, 11) is 0. The maximum absolute atomic E-state index is 13.1. The van der Waals surface area contributed by atoms with Crippen molar-refractivity contribution in [2.45, 2.75) is 19.4 Å². The van der Waals surface area contributed by atoms with Crippen molar-refractivity contribution in [1.29, 1.82) is 0 Å². The summed E-state index contributed by atoms with van der Waals surface area (Å²) >= 11 is 0. The van der Waals surface area contributed by atoms with Crippen LogP contribution in [0.15, 0.2) is 18.2 Å². The number of rotatable bonds is 2. The fraction of sp³-hybridized carbons (Fsp3) is 0.333. The molecule has 5 heteroatoms. The van der Waals surface area contributed by atoms with E-state index in [2.05, 4.69) is 5.32 Å². The molecule has 2 atom stereocenters. The van der Waals surface area contributed by atoms with Gasteiger partial charge in [-0.2, -0.15) is 0 Å². The first-order chi connectivity index (χ1) is 7.99. The minimum absolute atomic E-state index is 0.0313. The number of hydrogen-bond donors (Lipinski definition) is 2. The van der Waals surface area contributed by atoms with Crippen molar-refractivity contribution in [3.8, 4) is 0 Å². The summed E-state index contributed by atoms with van der Waals surface area (Å²) in [4.78, 5) is 22.3. The van der Waals surface area contributed by atoms with Crippen molar-refractivity contribution < 1.29 is 19.1 Å². The summed E-state index contributed by atoms with van der Waals surface area (Å²) in [6, 6.07) is 3.80. The molecule has 1 fully saturated rings. The smallest absolute Gasteiger partial charge is 0.309 e. The highest BCUT2D eigenvalue weighted by Crippen LogP contribution is 2.31. The van der Waals surface area contributed by atoms with Crippen LogP contribution in [-0.2, 0) is 9.59 Å². The highest BCUT2D eigenvalue weighted by atomic mass is 19.1. The van der Waals surface area contributed by atoms with Gasteiger partial charge in [0.15, 0.2) is 0 Å². The topological polar surface area (TPSA) is 66.4 Å². The number of carboxylic acid groups (broad SMARTS) is 1. The number of nitrogens with one attached hydrogen (secondary N) is 1. The predicted octanol–water partition coefficient (Wildman–Crippen LogP) is 1.40. The van der Waals surface area contributed by atoms with Gasteiger partial charge in [0, 0.05) is 6.42 Å². The summed E-state index contributed by atoms with van der Waals surface area (Å²) in [6.45, 7) is 1.60. The molecule has 90 valence electrons. The number of carbonyl (C=O) groups excluding carboxylic acids is 1. The van der Waals surface area contributed by atoms with Gasteiger partial charge >= 0.3 is 5.97 Å². The third-order valence-electron chi connectivity index (χ3n) is 2.98. The number of benzene rings is 1. The van der Waals surface area contributed by atoms with Crippen LogP contribution in [-0.4, -0.2) is 17.0 Å². The van der Waals surface area contributed by atoms with E-state index in [4.69, 9.17) is 5.11 Å². The second kappa shape index (κ2) is 4.16. The Labute approximate surface area is 97.4 Å². The van der Waals surface area contributed by atoms with Gasteiger partial charge in [0.05, 0.1) is 12.0 Å². The molecule has 4 nitrogen and oxygen atoms in total. The molecule has 0 aromatic heterocycles. The van der Waals surface area contributed by atoms with E-state index in [0.29, 0.717) is 11.1 Å². The Morgan fingerprint density at radius 3 is 2.82 bits per heavy atom. The van der Waals surface area contributed by atoms with E-state index in [1.807, 2.05) is 0 Å². The van der Waals surface area contributed by atoms with Crippen molar-refractivity contribution in [2.24, 2.45) is 5.92 Å². The van der Waals surface area contributed by atoms with Gasteiger partial charge in [0.1, 0.15) is 5.82 Å². The molecule has 1 aliphatic rings. The molecule has 0 spiro atoms. The molecular formula is C12H12FNO3. The van der Waals surface area contributed by atoms with Crippen molar-refractivity contribution >= 4 is 11.9 Å². The maximum Gasteiger partial charge on any atom is 0.309 e. The highest BCUT2D eigenvalue weighted by Gasteiger charge is 2.38. The minimum Gasteiger partial charge on any atom is -0.481 e. The first-order valence-electron chi connectivity index (χ1n) is 5.27. The van der Waals surface area contributed by atoms with Crippen LogP contribution < -0.4 is 5.32 Å². The van der Waals surface area contributed by atoms with Crippen LogP contribution in [0.1, 0.15) is 23.6 Å². The predicted molar refractivity (Wildman–Crippen MR) is 57.8 cm³/mol. The molecule has 2 rings (SSSR count). The largest absolute Gasteiger partial charge is 0.481 e. The number of aliphatic carboxylic acids is 1. The standard InChI is InChI=1S/C12H12FNO3/c1-6-4-7(2-3-9(6)13)11-8(12(16)17)5-10(15)14-11/h2-4,8,11H,5H2,1H3,(H,14,15)(H,16,17). The zero-order chi connectivity index (χ0) is 12.6. The molecule has 2 unspecified atom stereocenters. The zero-order valence-electron chi connectivity index (χ0n) is 9.24. The molecule has 1 saturated heterocycles. The van der Waals surface area contributed by atoms with Crippen LogP contribution in [0.5, 0.6) is 0 Å². The fourth-order valence-corrected chi connectivity index (χ4v) is 2.06. The second-order valence-electron chi connectivity index (χ2n) is 4.20. The van der Waals surface area contributed by atoms with Crippen LogP contribution in [0.25, 0.3) is 0 Å². The van der Waals surface area contributed by atoms with Crippen LogP contribution in [0, 0.1) is 18.7 Å². The van der Waals surface area contributed by atoms with E-state index >= 15 is 0 Å². The van der Waals surface area contributed by atoms with Crippen LogP contribution in [0.2, 0.25) is 0 Å². The lowest BCUT2D eigenvalue weighted by molar-refractivity contribution is -0.142. The van der Waals surface area contributed by atoms with E-state index < -0.39 is 17.9 Å². The molecule has 1 aliphatic heterocycles. The van der Waals surface area contributed by atoms with E-state index in [1.165, 1.54) is 12.1 Å². The normalized spacial score (nSPS) is 23.5. The van der Waals surface area contributed by atoms with E-state index in [0.717, 1.165) is 0 Å². The Hall–Kier alpha value is -1.91. The number of amides is 1. The summed E-state index contributed by atoms with van der Waals surface area (Å²) in [5, 5.41) is 11.6. The van der Waals surface area contributed by atoms with Gasteiger partial charge < -0.3 is 10.4 Å². The summed E-state index contributed by atoms with van der Waals surface area (Å²) < 4.78 is 13.1. The Kier molecular flexibility index (Phi) is 2.83. The zero-order valence-corrected chi connectivity index (χ0v) is 9.24. The monoisotopic (exact) mass is 237 g/mol. The van der Waals surface area contributed by atoms with Crippen LogP contribution in [0.4, 0.5) is 4.39 Å². The third-order valence-corrected chi connectivity index (χ3v) is 2.98. The first-order valence-corrected chi connectivity index (χ1v) is 5.27. The highest BCUT2D eigenvalue weighted by molar-refractivity contribution is 5.87. The fourth-order valence-electron chi connectivity index (χ4n) is 2.06. The van der Waals surface area contributed by atoms with Crippen molar-refractivity contribution in [1.82, 2.24) is 5.32 Å². The molecule has 17 heavy (non-hydrogen) atoms. The Balaban J connectivity index is 2.34. The van der Waals surface area contributed by atoms with Crippen LogP contribution in [0.3, 0.4) is 0 Å². The molecule has 0 saturated carbocycles. The Morgan fingerprint density at radius 2 is 2.24 bits per heavy atom. The molecular weight excluding hydrogens is 225 g/mol. The van der Waals surface area contributed by atoms with Gasteiger partial charge in [0.25, 0.3) is 0 Å². The van der Waals surface area contributed by atoms with Crippen molar-refractivity contribution in [3.63, 3.8) is 0 Å². The van der Waals surface area contributed by atoms with Crippen LogP contribution >= 0.6 is 0 Å². The molecule has 1 amide bonds. The molecule has 1 heterocycles. The van der Waals surface area contributed by atoms with Gasteiger partial charge in [-0.1, -0.05) is 12.1 Å². The van der Waals surface area contributed by atoms with E-state index in [-0.39, 0.29) is 18.1 Å². The molecule has 1 aromatic carbocycles. The van der Waals surface area contributed by atoms with Gasteiger partial charge in [0.2, 0.25) is 5.91 Å². The maximum atomic E-state index is 13.1. The lowest BCUT2D eigenvalue weighted by Gasteiger charge is -2.16. The van der Waals surface area contributed by atoms with Gasteiger partial charge in [-0.3, -0.25) is 9.59 Å². The van der Waals surface area contributed by atoms with E-state index in [1.54, 1.807) is 13.0 Å². The summed E-state index contributed by atoms with van der Waals surface area (Å²) in [5.41, 5.74) is 1.06. The molecule has 1 aromatic rings. The SMILES string of the molecule is Cc1cc(C2NC(=O)CC2C(=O)O)ccc1F. The van der Waals surface area contributed by atoms with Gasteiger partial charge in [-0.15, -0.1) is 0 Å². The minimum atomic E-state index is -1.02. The average Bonchev–Trinajstić information content (AvgIpc) is 2.64. The molecule has 0 aliphatic carbocycles. The Morgan fingerprint density at radius 1 is 1.53 bits per heavy atom. The van der Waals surface area contributed by atoms with Crippen molar-refractivity contribution in [2.75, 3.05) is 0 Å². The molecule has 0 radical (unpaired) electrons. The number of carboxylic acids is 1. The molecule has 0 bridgehead atoms. The Bertz CT molecular complexity index is 487. The number of hydrogen-bond acceptors (Lipinski definition) is 2. The quantitative estimate of drug-likeness (QED) is 0.817. The number of carbonyl (C=O) groups is 2. The average molecular weight is 237 g/mol. The van der Waals surface area contributed by atoms with E-state index in [9.17, 15) is 14.0 Å². The van der Waals surface area contributed by atoms with Gasteiger partial charge in [-0.05, 0) is 24.1 Å². The van der Waals surface area contributed by atoms with Crippen molar-refractivity contribution in [3.05, 3.63) is 35.1 Å². The first kappa shape index (κ1) is 11.6. The summed E-state index contributed by atoms with van der Waals surface area (Å²) in [5.74, 6) is -2.43. The third kappa shape index (κ3) is 2.13. The number of halogens is 1. The molecule has 2 N–H and O–H groups in total. The lowest BCUT2D eigenvalue weighted by Crippen LogP contribution is -2.24. The number of aryl methyl sites for hydroxylation is 1.